The van der Waals surface area contributed by atoms with Crippen LogP contribution >= 0.6 is 45.8 Å². The molecule has 0 unspecified atom stereocenters. The molecule has 2 atom stereocenters. The van der Waals surface area contributed by atoms with Crippen molar-refractivity contribution in [3.63, 3.8) is 0 Å². The Kier molecular flexibility index (Phi) is 7.78. The van der Waals surface area contributed by atoms with Crippen molar-refractivity contribution in [2.45, 2.75) is 9.65 Å². The Labute approximate surface area is 225 Å². The first-order valence-electron chi connectivity index (χ1n) is 10.6. The molecule has 0 bridgehead atoms. The lowest BCUT2D eigenvalue weighted by Gasteiger charge is -2.44. The number of piperazine rings is 1. The van der Waals surface area contributed by atoms with Gasteiger partial charge in [-0.2, -0.15) is 5.26 Å². The number of aromatic nitrogens is 2. The molecule has 1 aromatic heterocycles. The smallest absolute Gasteiger partial charge is 0.356 e. The first-order valence-corrected chi connectivity index (χ1v) is 12.4. The van der Waals surface area contributed by atoms with Crippen LogP contribution < -0.4 is 4.90 Å². The number of anilines is 1. The van der Waals surface area contributed by atoms with Crippen molar-refractivity contribution in [2.24, 2.45) is 0 Å². The second kappa shape index (κ2) is 10.6. The van der Waals surface area contributed by atoms with Crippen molar-refractivity contribution in [3.05, 3.63) is 87.4 Å². The fraction of sp³-hybridized carbons (Fsp3) is 0.250. The minimum absolute atomic E-state index is 0.0980. The van der Waals surface area contributed by atoms with Crippen LogP contribution in [0.25, 0.3) is 0 Å². The van der Waals surface area contributed by atoms with Crippen molar-refractivity contribution >= 4 is 57.4 Å². The number of aromatic carboxylic acids is 1. The van der Waals surface area contributed by atoms with Gasteiger partial charge in [-0.25, -0.2) is 9.78 Å². The molecule has 35 heavy (non-hydrogen) atoms. The molecular formula is C24H20Cl2IN5O3. The summed E-state index contributed by atoms with van der Waals surface area (Å²) in [6.45, 7) is 2.08. The van der Waals surface area contributed by atoms with Crippen LogP contribution in [0.15, 0.2) is 54.9 Å². The first kappa shape index (κ1) is 25.6. The number of carboxylic acid groups (broad SMARTS) is 1. The largest absolute Gasteiger partial charge is 0.476 e. The Hall–Kier alpha value is -2.49. The SMILES string of the molecule is N#Cc1ccc(N2CCN(C[C@](O)(I)c3cnc(C(=O)O)cn3)C[C@H]2c2ccc(Cl)cc2)c(Cl)c1. The summed E-state index contributed by atoms with van der Waals surface area (Å²) in [5.74, 6) is -1.18. The van der Waals surface area contributed by atoms with Crippen LogP contribution in [0.5, 0.6) is 0 Å². The summed E-state index contributed by atoms with van der Waals surface area (Å²) in [6, 6.07) is 14.9. The third-order valence-electron chi connectivity index (χ3n) is 5.80. The van der Waals surface area contributed by atoms with Crippen LogP contribution in [0.2, 0.25) is 10.0 Å². The standard InChI is InChI=1S/C24H20Cl2IN5O3/c25-17-4-2-16(3-5-17)21-13-31(7-8-32(21)20-6-1-15(10-28)9-18(20)26)14-24(27,35)22-12-29-19(11-30-22)23(33)34/h1-6,9,11-12,21,35H,7-8,13-14H2,(H,33,34)/t21-,24+/m0/s1. The van der Waals surface area contributed by atoms with Crippen LogP contribution in [0.3, 0.4) is 0 Å². The average molecular weight is 624 g/mol. The molecule has 11 heteroatoms. The van der Waals surface area contributed by atoms with Crippen molar-refractivity contribution < 1.29 is 15.0 Å². The van der Waals surface area contributed by atoms with Crippen LogP contribution in [-0.4, -0.2) is 57.2 Å². The fourth-order valence-electron chi connectivity index (χ4n) is 4.06. The van der Waals surface area contributed by atoms with Gasteiger partial charge in [0.1, 0.15) is 5.69 Å². The molecule has 0 radical (unpaired) electrons. The van der Waals surface area contributed by atoms with Gasteiger partial charge >= 0.3 is 5.97 Å². The van der Waals surface area contributed by atoms with Crippen molar-refractivity contribution in [3.8, 4) is 6.07 Å². The van der Waals surface area contributed by atoms with Gasteiger partial charge in [-0.05, 0) is 58.5 Å². The quantitative estimate of drug-likeness (QED) is 0.305. The van der Waals surface area contributed by atoms with E-state index in [-0.39, 0.29) is 24.0 Å². The molecule has 1 saturated heterocycles. The zero-order valence-corrected chi connectivity index (χ0v) is 21.9. The molecular weight excluding hydrogens is 604 g/mol. The third kappa shape index (κ3) is 5.85. The van der Waals surface area contributed by atoms with E-state index in [1.54, 1.807) is 12.1 Å². The molecule has 1 fully saturated rings. The van der Waals surface area contributed by atoms with Gasteiger partial charge in [0.15, 0.2) is 9.30 Å². The summed E-state index contributed by atoms with van der Waals surface area (Å²) in [4.78, 5) is 23.4. The van der Waals surface area contributed by atoms with E-state index in [9.17, 15) is 15.2 Å². The number of alkyl halides is 1. The third-order valence-corrected chi connectivity index (χ3v) is 7.25. The van der Waals surface area contributed by atoms with E-state index in [1.807, 2.05) is 52.9 Å². The summed E-state index contributed by atoms with van der Waals surface area (Å²) in [7, 11) is 0. The number of carboxylic acids is 1. The lowest BCUT2D eigenvalue weighted by atomic mass is 10.0. The maximum Gasteiger partial charge on any atom is 0.356 e. The maximum absolute atomic E-state index is 11.2. The molecule has 4 rings (SSSR count). The summed E-state index contributed by atoms with van der Waals surface area (Å²) in [5.41, 5.74) is 2.44. The zero-order chi connectivity index (χ0) is 25.2. The molecule has 0 aliphatic carbocycles. The van der Waals surface area contributed by atoms with E-state index < -0.39 is 9.58 Å². The molecule has 0 amide bonds. The average Bonchev–Trinajstić information content (AvgIpc) is 2.84. The van der Waals surface area contributed by atoms with E-state index in [1.165, 1.54) is 6.20 Å². The van der Waals surface area contributed by atoms with Crippen LogP contribution in [0.4, 0.5) is 5.69 Å². The Morgan fingerprint density at radius 2 is 1.91 bits per heavy atom. The number of aliphatic hydroxyl groups is 1. The van der Waals surface area contributed by atoms with Gasteiger partial charge in [0, 0.05) is 31.2 Å². The van der Waals surface area contributed by atoms with E-state index >= 15 is 0 Å². The molecule has 0 spiro atoms. The zero-order valence-electron chi connectivity index (χ0n) is 18.3. The van der Waals surface area contributed by atoms with Crippen LogP contribution in [0, 0.1) is 11.3 Å². The number of nitriles is 1. The lowest BCUT2D eigenvalue weighted by molar-refractivity contribution is 0.0686. The van der Waals surface area contributed by atoms with Gasteiger partial charge in [0.05, 0.1) is 40.8 Å². The Morgan fingerprint density at radius 3 is 2.51 bits per heavy atom. The van der Waals surface area contributed by atoms with E-state index in [0.717, 1.165) is 17.4 Å². The van der Waals surface area contributed by atoms with Crippen molar-refractivity contribution in [1.29, 1.82) is 5.26 Å². The minimum Gasteiger partial charge on any atom is -0.476 e. The molecule has 180 valence electrons. The van der Waals surface area contributed by atoms with Crippen molar-refractivity contribution in [1.82, 2.24) is 14.9 Å². The van der Waals surface area contributed by atoms with E-state index in [2.05, 4.69) is 25.8 Å². The minimum atomic E-state index is -1.37. The molecule has 0 saturated carbocycles. The lowest BCUT2D eigenvalue weighted by Crippen LogP contribution is -2.51. The van der Waals surface area contributed by atoms with E-state index in [0.29, 0.717) is 35.2 Å². The topological polar surface area (TPSA) is 114 Å². The van der Waals surface area contributed by atoms with Crippen LogP contribution in [-0.2, 0) is 3.61 Å². The van der Waals surface area contributed by atoms with Gasteiger partial charge in [-0.1, -0.05) is 35.3 Å². The number of benzene rings is 2. The molecule has 3 aromatic rings. The highest BCUT2D eigenvalue weighted by Gasteiger charge is 2.36. The summed E-state index contributed by atoms with van der Waals surface area (Å²) < 4.78 is -1.37. The summed E-state index contributed by atoms with van der Waals surface area (Å²) >= 11 is 14.6. The normalized spacial score (nSPS) is 18.0. The predicted molar refractivity (Wildman–Crippen MR) is 141 cm³/mol. The first-order chi connectivity index (χ1) is 16.7. The Morgan fingerprint density at radius 1 is 1.17 bits per heavy atom. The predicted octanol–water partition coefficient (Wildman–Crippen LogP) is 4.50. The molecule has 2 aromatic carbocycles. The van der Waals surface area contributed by atoms with Gasteiger partial charge in [0.25, 0.3) is 0 Å². The van der Waals surface area contributed by atoms with Gasteiger partial charge < -0.3 is 15.1 Å². The van der Waals surface area contributed by atoms with Gasteiger partial charge in [-0.3, -0.25) is 9.88 Å². The monoisotopic (exact) mass is 623 g/mol. The number of β-amino-alcohol motifs (C(OH)–C–C–N with tert-alkyl or cyclic N) is 1. The fourth-order valence-corrected chi connectivity index (χ4v) is 5.24. The molecule has 2 N–H and O–H groups in total. The molecule has 1 aliphatic rings. The maximum atomic E-state index is 11.2. The number of nitrogens with zero attached hydrogens (tertiary/aromatic N) is 5. The highest BCUT2D eigenvalue weighted by atomic mass is 127. The molecule has 2 heterocycles. The summed E-state index contributed by atoms with van der Waals surface area (Å²) in [5, 5.41) is 30.5. The molecule has 8 nitrogen and oxygen atoms in total. The number of rotatable bonds is 6. The second-order valence-corrected chi connectivity index (χ2v) is 10.8. The summed E-state index contributed by atoms with van der Waals surface area (Å²) in [6.07, 6.45) is 2.43. The number of hydrogen-bond donors (Lipinski definition) is 2. The number of carbonyl (C=O) groups is 1. The van der Waals surface area contributed by atoms with Gasteiger partial charge in [-0.15, -0.1) is 0 Å². The number of hydrogen-bond acceptors (Lipinski definition) is 7. The molecule has 1 aliphatic heterocycles. The Bertz CT molecular complexity index is 1270. The second-order valence-electron chi connectivity index (χ2n) is 8.13. The van der Waals surface area contributed by atoms with Crippen molar-refractivity contribution in [2.75, 3.05) is 31.1 Å². The highest BCUT2D eigenvalue weighted by Crippen LogP contribution is 2.37. The Balaban J connectivity index is 1.60. The number of halogens is 3. The van der Waals surface area contributed by atoms with E-state index in [4.69, 9.17) is 28.3 Å². The van der Waals surface area contributed by atoms with Gasteiger partial charge in [0.2, 0.25) is 0 Å². The highest BCUT2D eigenvalue weighted by molar-refractivity contribution is 14.1. The van der Waals surface area contributed by atoms with Crippen LogP contribution in [0.1, 0.15) is 33.4 Å².